The summed E-state index contributed by atoms with van der Waals surface area (Å²) in [6.45, 7) is 2.22. The predicted molar refractivity (Wildman–Crippen MR) is 46.7 cm³/mol. The van der Waals surface area contributed by atoms with Crippen molar-refractivity contribution in [1.29, 1.82) is 0 Å². The van der Waals surface area contributed by atoms with Crippen molar-refractivity contribution in [2.24, 2.45) is 16.6 Å². The van der Waals surface area contributed by atoms with E-state index in [1.807, 2.05) is 0 Å². The number of guanidine groups is 1. The van der Waals surface area contributed by atoms with Gasteiger partial charge in [-0.05, 0) is 0 Å². The van der Waals surface area contributed by atoms with Crippen LogP contribution < -0.4 is 16.9 Å². The van der Waals surface area contributed by atoms with E-state index in [-0.39, 0.29) is 12.0 Å². The number of nitrogens with zero attached hydrogens (tertiary/aromatic N) is 2. The second kappa shape index (κ2) is 4.51. The second-order valence-electron chi connectivity index (χ2n) is 2.55. The molecule has 2 amide bonds. The lowest BCUT2D eigenvalue weighted by Gasteiger charge is -2.25. The number of rotatable bonds is 1. The number of morpholine rings is 1. The lowest BCUT2D eigenvalue weighted by molar-refractivity contribution is 0.0533. The van der Waals surface area contributed by atoms with Gasteiger partial charge in [-0.3, -0.25) is 0 Å². The number of amides is 2. The molecule has 1 heterocycles. The topological polar surface area (TPSA) is 106 Å². The van der Waals surface area contributed by atoms with Gasteiger partial charge in [-0.15, -0.1) is 5.10 Å². The molecule has 0 saturated carbocycles. The zero-order valence-electron chi connectivity index (χ0n) is 7.19. The van der Waals surface area contributed by atoms with Crippen LogP contribution >= 0.6 is 0 Å². The van der Waals surface area contributed by atoms with E-state index in [1.54, 1.807) is 4.90 Å². The van der Waals surface area contributed by atoms with Gasteiger partial charge in [0.1, 0.15) is 0 Å². The van der Waals surface area contributed by atoms with Crippen LogP contribution in [0.4, 0.5) is 4.79 Å². The Hall–Kier alpha value is -1.50. The van der Waals surface area contributed by atoms with Crippen molar-refractivity contribution >= 4 is 12.0 Å². The number of urea groups is 1. The summed E-state index contributed by atoms with van der Waals surface area (Å²) in [5.74, 6) is -0.165. The summed E-state index contributed by atoms with van der Waals surface area (Å²) in [7, 11) is 0. The van der Waals surface area contributed by atoms with E-state index in [2.05, 4.69) is 10.5 Å². The summed E-state index contributed by atoms with van der Waals surface area (Å²) >= 11 is 0. The fourth-order valence-electron chi connectivity index (χ4n) is 0.950. The molecule has 7 nitrogen and oxygen atoms in total. The van der Waals surface area contributed by atoms with Crippen LogP contribution in [0.2, 0.25) is 0 Å². The molecule has 0 spiro atoms. The summed E-state index contributed by atoms with van der Waals surface area (Å²) in [5.41, 5.74) is 12.3. The van der Waals surface area contributed by atoms with Gasteiger partial charge in [-0.25, -0.2) is 10.2 Å². The summed E-state index contributed by atoms with van der Waals surface area (Å²) < 4.78 is 5.07. The molecule has 1 aliphatic heterocycles. The highest BCUT2D eigenvalue weighted by Gasteiger charge is 2.15. The Labute approximate surface area is 75.7 Å². The fourth-order valence-corrected chi connectivity index (χ4v) is 0.950. The number of hydrazone groups is 1. The summed E-state index contributed by atoms with van der Waals surface area (Å²) in [6, 6.07) is -0.309. The molecule has 0 unspecified atom stereocenters. The quantitative estimate of drug-likeness (QED) is 0.256. The molecule has 1 aliphatic rings. The van der Waals surface area contributed by atoms with E-state index in [4.69, 9.17) is 16.2 Å². The first-order valence-electron chi connectivity index (χ1n) is 3.91. The van der Waals surface area contributed by atoms with Gasteiger partial charge in [-0.2, -0.15) is 0 Å². The first-order chi connectivity index (χ1) is 6.20. The number of hydrogen-bond donors (Lipinski definition) is 3. The maximum atomic E-state index is 11.2. The first kappa shape index (κ1) is 9.59. The van der Waals surface area contributed by atoms with Crippen molar-refractivity contribution in [3.8, 4) is 0 Å². The van der Waals surface area contributed by atoms with Gasteiger partial charge >= 0.3 is 6.03 Å². The van der Waals surface area contributed by atoms with Crippen LogP contribution in [0.25, 0.3) is 0 Å². The normalized spacial score (nSPS) is 16.5. The fraction of sp³-hybridized carbons (Fsp3) is 0.667. The van der Waals surface area contributed by atoms with Gasteiger partial charge in [0.25, 0.3) is 0 Å². The molecule has 5 N–H and O–H groups in total. The Kier molecular flexibility index (Phi) is 3.32. The molecule has 0 radical (unpaired) electrons. The van der Waals surface area contributed by atoms with Crippen molar-refractivity contribution in [3.05, 3.63) is 0 Å². The Morgan fingerprint density at radius 3 is 2.54 bits per heavy atom. The lowest BCUT2D eigenvalue weighted by atomic mass is 10.4. The van der Waals surface area contributed by atoms with Gasteiger partial charge in [0.2, 0.25) is 5.96 Å². The van der Waals surface area contributed by atoms with Gasteiger partial charge < -0.3 is 21.1 Å². The van der Waals surface area contributed by atoms with Crippen LogP contribution in [0.15, 0.2) is 5.10 Å². The minimum absolute atomic E-state index is 0.165. The number of nitrogens with one attached hydrogen (secondary N) is 1. The average Bonchev–Trinajstić information content (AvgIpc) is 2.15. The molecule has 0 aromatic rings. The molecule has 0 atom stereocenters. The van der Waals surface area contributed by atoms with Crippen LogP contribution in [0, 0.1) is 0 Å². The van der Waals surface area contributed by atoms with E-state index < -0.39 is 0 Å². The Balaban J connectivity index is 2.33. The van der Waals surface area contributed by atoms with Gasteiger partial charge in [0, 0.05) is 13.1 Å². The minimum atomic E-state index is -0.309. The van der Waals surface area contributed by atoms with Crippen LogP contribution in [0.5, 0.6) is 0 Å². The van der Waals surface area contributed by atoms with Gasteiger partial charge in [0.05, 0.1) is 13.2 Å². The highest BCUT2D eigenvalue weighted by atomic mass is 16.5. The zero-order chi connectivity index (χ0) is 9.68. The Bertz CT molecular complexity index is 207. The maximum Gasteiger partial charge on any atom is 0.338 e. The molecule has 0 aromatic heterocycles. The minimum Gasteiger partial charge on any atom is -0.378 e. The number of carbonyl (C=O) groups is 1. The third-order valence-corrected chi connectivity index (χ3v) is 1.58. The van der Waals surface area contributed by atoms with E-state index in [0.717, 1.165) is 0 Å². The summed E-state index contributed by atoms with van der Waals surface area (Å²) in [5, 5.41) is 3.39. The average molecular weight is 187 g/mol. The smallest absolute Gasteiger partial charge is 0.338 e. The summed E-state index contributed by atoms with van der Waals surface area (Å²) in [6.07, 6.45) is 0. The molecule has 13 heavy (non-hydrogen) atoms. The van der Waals surface area contributed by atoms with Gasteiger partial charge in [-0.1, -0.05) is 0 Å². The van der Waals surface area contributed by atoms with Crippen molar-refractivity contribution in [2.45, 2.75) is 0 Å². The van der Waals surface area contributed by atoms with Crippen LogP contribution in [0.3, 0.4) is 0 Å². The van der Waals surface area contributed by atoms with E-state index in [1.165, 1.54) is 0 Å². The maximum absolute atomic E-state index is 11.2. The Morgan fingerprint density at radius 1 is 1.38 bits per heavy atom. The SMILES string of the molecule is NC(N)=NNC(=O)N1CCOCC1. The van der Waals surface area contributed by atoms with Crippen molar-refractivity contribution in [1.82, 2.24) is 10.3 Å². The molecule has 0 aromatic carbocycles. The lowest BCUT2D eigenvalue weighted by Crippen LogP contribution is -2.45. The molecule has 0 bridgehead atoms. The Morgan fingerprint density at radius 2 is 2.00 bits per heavy atom. The molecular weight excluding hydrogens is 174 g/mol. The van der Waals surface area contributed by atoms with E-state index in [0.29, 0.717) is 26.3 Å². The highest BCUT2D eigenvalue weighted by Crippen LogP contribution is 1.96. The van der Waals surface area contributed by atoms with Crippen molar-refractivity contribution < 1.29 is 9.53 Å². The largest absolute Gasteiger partial charge is 0.378 e. The zero-order valence-corrected chi connectivity index (χ0v) is 7.19. The van der Waals surface area contributed by atoms with Crippen LogP contribution in [-0.4, -0.2) is 43.2 Å². The monoisotopic (exact) mass is 187 g/mol. The molecular formula is C6H13N5O2. The molecule has 0 aliphatic carbocycles. The number of nitrogens with two attached hydrogens (primary N) is 2. The molecule has 1 saturated heterocycles. The predicted octanol–water partition coefficient (Wildman–Crippen LogP) is -1.78. The van der Waals surface area contributed by atoms with E-state index in [9.17, 15) is 4.79 Å². The third-order valence-electron chi connectivity index (χ3n) is 1.58. The van der Waals surface area contributed by atoms with Crippen LogP contribution in [-0.2, 0) is 4.74 Å². The van der Waals surface area contributed by atoms with Crippen molar-refractivity contribution in [3.63, 3.8) is 0 Å². The second-order valence-corrected chi connectivity index (χ2v) is 2.55. The third kappa shape index (κ3) is 3.16. The highest BCUT2D eigenvalue weighted by molar-refractivity contribution is 5.79. The van der Waals surface area contributed by atoms with Gasteiger partial charge in [0.15, 0.2) is 0 Å². The molecule has 1 rings (SSSR count). The molecule has 74 valence electrons. The van der Waals surface area contributed by atoms with Crippen molar-refractivity contribution in [2.75, 3.05) is 26.3 Å². The first-order valence-corrected chi connectivity index (χ1v) is 3.91. The van der Waals surface area contributed by atoms with E-state index >= 15 is 0 Å². The number of carbonyl (C=O) groups excluding carboxylic acids is 1. The van der Waals surface area contributed by atoms with Crippen LogP contribution in [0.1, 0.15) is 0 Å². The standard InChI is InChI=1S/C6H13N5O2/c7-5(8)9-10-6(12)11-1-3-13-4-2-11/h1-4H2,(H,10,12)(H4,7,8,9). The number of ether oxygens (including phenoxy) is 1. The molecule has 7 heteroatoms. The number of hydrogen-bond acceptors (Lipinski definition) is 3. The summed E-state index contributed by atoms with van der Waals surface area (Å²) in [4.78, 5) is 12.8. The molecule has 1 fully saturated rings.